The summed E-state index contributed by atoms with van der Waals surface area (Å²) >= 11 is 0. The number of fused-ring (bicyclic) bond motifs is 1. The molecular formula is C14H17N3O5S. The van der Waals surface area contributed by atoms with Gasteiger partial charge in [-0.15, -0.1) is 0 Å². The fourth-order valence-electron chi connectivity index (χ4n) is 2.72. The number of aryl methyl sites for hydroxylation is 2. The molecule has 2 aromatic rings. The van der Waals surface area contributed by atoms with Crippen LogP contribution in [-0.2, 0) is 21.2 Å². The number of aromatic nitrogens is 2. The van der Waals surface area contributed by atoms with Crippen molar-refractivity contribution in [1.29, 1.82) is 0 Å². The Labute approximate surface area is 132 Å². The molecule has 2 aromatic heterocycles. The molecule has 1 fully saturated rings. The summed E-state index contributed by atoms with van der Waals surface area (Å²) in [6.45, 7) is 3.30. The highest BCUT2D eigenvalue weighted by atomic mass is 32.2. The van der Waals surface area contributed by atoms with Crippen LogP contribution in [0.5, 0.6) is 0 Å². The van der Waals surface area contributed by atoms with Crippen LogP contribution < -0.4 is 10.9 Å². The minimum absolute atomic E-state index is 0.0506. The highest BCUT2D eigenvalue weighted by Gasteiger charge is 2.29. The fraction of sp³-hybridized carbons (Fsp3) is 0.500. The van der Waals surface area contributed by atoms with E-state index in [0.29, 0.717) is 23.1 Å². The molecule has 9 heteroatoms. The summed E-state index contributed by atoms with van der Waals surface area (Å²) in [5, 5.41) is 3.01. The Balaban J connectivity index is 1.79. The summed E-state index contributed by atoms with van der Waals surface area (Å²) in [4.78, 5) is 28.5. The highest BCUT2D eigenvalue weighted by Crippen LogP contribution is 2.19. The summed E-state index contributed by atoms with van der Waals surface area (Å²) in [7, 11) is -3.06. The van der Waals surface area contributed by atoms with Crippen molar-refractivity contribution < 1.29 is 17.6 Å². The van der Waals surface area contributed by atoms with Crippen LogP contribution in [0.3, 0.4) is 0 Å². The Morgan fingerprint density at radius 3 is 2.87 bits per heavy atom. The minimum atomic E-state index is -3.06. The maximum Gasteiger partial charge on any atom is 0.265 e. The van der Waals surface area contributed by atoms with Gasteiger partial charge in [-0.2, -0.15) is 0 Å². The molecule has 0 aromatic carbocycles. The zero-order valence-electron chi connectivity index (χ0n) is 12.8. The summed E-state index contributed by atoms with van der Waals surface area (Å²) in [6.07, 6.45) is 1.66. The van der Waals surface area contributed by atoms with E-state index in [2.05, 4.69) is 10.3 Å². The van der Waals surface area contributed by atoms with E-state index < -0.39 is 21.8 Å². The summed E-state index contributed by atoms with van der Waals surface area (Å²) in [6, 6.07) is -0.391. The molecule has 1 atom stereocenters. The van der Waals surface area contributed by atoms with Crippen molar-refractivity contribution >= 4 is 26.8 Å². The predicted octanol–water partition coefficient (Wildman–Crippen LogP) is -0.0904. The van der Waals surface area contributed by atoms with Gasteiger partial charge in [0.05, 0.1) is 11.5 Å². The molecule has 3 rings (SSSR count). The third kappa shape index (κ3) is 3.00. The molecular weight excluding hydrogens is 322 g/mol. The average molecular weight is 339 g/mol. The molecule has 1 aliphatic rings. The molecule has 0 spiro atoms. The number of amides is 1. The normalized spacial score (nSPS) is 20.0. The minimum Gasteiger partial charge on any atom is -0.443 e. The lowest BCUT2D eigenvalue weighted by Gasteiger charge is -2.11. The standard InChI is InChI=1S/C14H17N3O5S/c1-8-9(2)22-13-12(8)14(19)17(7-15-13)5-11(18)16-10-3-4-23(20,21)6-10/h7,10H,3-6H2,1-2H3,(H,16,18). The number of carbonyl (C=O) groups excluding carboxylic acids is 1. The zero-order chi connectivity index (χ0) is 16.8. The molecule has 0 bridgehead atoms. The predicted molar refractivity (Wildman–Crippen MR) is 82.9 cm³/mol. The van der Waals surface area contributed by atoms with E-state index in [9.17, 15) is 18.0 Å². The van der Waals surface area contributed by atoms with Gasteiger partial charge >= 0.3 is 0 Å². The van der Waals surface area contributed by atoms with Gasteiger partial charge in [0.15, 0.2) is 9.84 Å². The van der Waals surface area contributed by atoms with Crippen LogP contribution in [0.4, 0.5) is 0 Å². The first-order valence-electron chi connectivity index (χ1n) is 7.22. The number of furan rings is 1. The molecule has 1 amide bonds. The zero-order valence-corrected chi connectivity index (χ0v) is 13.6. The number of nitrogens with one attached hydrogen (secondary N) is 1. The summed E-state index contributed by atoms with van der Waals surface area (Å²) in [5.41, 5.74) is 0.608. The molecule has 0 radical (unpaired) electrons. The molecule has 124 valence electrons. The van der Waals surface area contributed by atoms with Crippen LogP contribution >= 0.6 is 0 Å². The van der Waals surface area contributed by atoms with Gasteiger partial charge in [-0.3, -0.25) is 14.2 Å². The third-order valence-corrected chi connectivity index (χ3v) is 5.84. The molecule has 23 heavy (non-hydrogen) atoms. The highest BCUT2D eigenvalue weighted by molar-refractivity contribution is 7.91. The van der Waals surface area contributed by atoms with E-state index in [0.717, 1.165) is 0 Å². The van der Waals surface area contributed by atoms with E-state index in [-0.39, 0.29) is 29.3 Å². The Morgan fingerprint density at radius 2 is 2.22 bits per heavy atom. The first kappa shape index (κ1) is 15.7. The molecule has 0 saturated carbocycles. The smallest absolute Gasteiger partial charge is 0.265 e. The first-order chi connectivity index (χ1) is 10.8. The lowest BCUT2D eigenvalue weighted by Crippen LogP contribution is -2.39. The van der Waals surface area contributed by atoms with Crippen molar-refractivity contribution in [2.45, 2.75) is 32.9 Å². The monoisotopic (exact) mass is 339 g/mol. The molecule has 3 heterocycles. The van der Waals surface area contributed by atoms with Gasteiger partial charge < -0.3 is 9.73 Å². The van der Waals surface area contributed by atoms with Gasteiger partial charge in [-0.1, -0.05) is 0 Å². The second-order valence-electron chi connectivity index (χ2n) is 5.81. The Kier molecular flexibility index (Phi) is 3.75. The van der Waals surface area contributed by atoms with Crippen molar-refractivity contribution in [2.24, 2.45) is 0 Å². The van der Waals surface area contributed by atoms with Crippen LogP contribution in [0.2, 0.25) is 0 Å². The van der Waals surface area contributed by atoms with Crippen LogP contribution in [0.1, 0.15) is 17.7 Å². The second kappa shape index (κ2) is 5.48. The van der Waals surface area contributed by atoms with Gasteiger partial charge in [-0.05, 0) is 20.3 Å². The molecule has 8 nitrogen and oxygen atoms in total. The number of nitrogens with zero attached hydrogens (tertiary/aromatic N) is 2. The van der Waals surface area contributed by atoms with Crippen molar-refractivity contribution in [3.8, 4) is 0 Å². The number of sulfone groups is 1. The van der Waals surface area contributed by atoms with Gasteiger partial charge in [0.1, 0.15) is 24.0 Å². The Hall–Kier alpha value is -2.16. The number of rotatable bonds is 3. The topological polar surface area (TPSA) is 111 Å². The lowest BCUT2D eigenvalue weighted by molar-refractivity contribution is -0.122. The average Bonchev–Trinajstić information content (AvgIpc) is 2.94. The van der Waals surface area contributed by atoms with Crippen molar-refractivity contribution in [3.63, 3.8) is 0 Å². The van der Waals surface area contributed by atoms with Gasteiger partial charge in [0.25, 0.3) is 5.56 Å². The van der Waals surface area contributed by atoms with Crippen molar-refractivity contribution in [2.75, 3.05) is 11.5 Å². The van der Waals surface area contributed by atoms with Gasteiger partial charge in [-0.25, -0.2) is 13.4 Å². The SMILES string of the molecule is Cc1oc2ncn(CC(=O)NC3CCS(=O)(=O)C3)c(=O)c2c1C. The quantitative estimate of drug-likeness (QED) is 0.836. The van der Waals surface area contributed by atoms with Gasteiger partial charge in [0, 0.05) is 11.6 Å². The molecule has 1 aliphatic heterocycles. The van der Waals surface area contributed by atoms with E-state index in [1.54, 1.807) is 13.8 Å². The van der Waals surface area contributed by atoms with Crippen LogP contribution in [-0.4, -0.2) is 41.4 Å². The number of hydrogen-bond donors (Lipinski definition) is 1. The third-order valence-electron chi connectivity index (χ3n) is 4.07. The first-order valence-corrected chi connectivity index (χ1v) is 9.04. The van der Waals surface area contributed by atoms with Crippen LogP contribution in [0.25, 0.3) is 11.1 Å². The van der Waals surface area contributed by atoms with E-state index in [4.69, 9.17) is 4.42 Å². The Morgan fingerprint density at radius 1 is 1.48 bits per heavy atom. The lowest BCUT2D eigenvalue weighted by atomic mass is 10.2. The maximum atomic E-state index is 12.4. The molecule has 0 aliphatic carbocycles. The number of carbonyl (C=O) groups is 1. The van der Waals surface area contributed by atoms with Crippen molar-refractivity contribution in [1.82, 2.24) is 14.9 Å². The fourth-order valence-corrected chi connectivity index (χ4v) is 4.39. The van der Waals surface area contributed by atoms with E-state index >= 15 is 0 Å². The van der Waals surface area contributed by atoms with E-state index in [1.807, 2.05) is 0 Å². The van der Waals surface area contributed by atoms with E-state index in [1.165, 1.54) is 10.9 Å². The Bertz CT molecular complexity index is 941. The molecule has 1 saturated heterocycles. The maximum absolute atomic E-state index is 12.4. The molecule has 1 N–H and O–H groups in total. The summed E-state index contributed by atoms with van der Waals surface area (Å²) < 4.78 is 29.4. The van der Waals surface area contributed by atoms with Gasteiger partial charge in [0.2, 0.25) is 11.6 Å². The molecule has 1 unspecified atom stereocenters. The van der Waals surface area contributed by atoms with Crippen molar-refractivity contribution in [3.05, 3.63) is 28.0 Å². The summed E-state index contributed by atoms with van der Waals surface area (Å²) in [5.74, 6) is 0.236. The van der Waals surface area contributed by atoms with Crippen LogP contribution in [0, 0.1) is 13.8 Å². The van der Waals surface area contributed by atoms with Crippen LogP contribution in [0.15, 0.2) is 15.5 Å². The number of hydrogen-bond acceptors (Lipinski definition) is 6. The second-order valence-corrected chi connectivity index (χ2v) is 8.04. The largest absolute Gasteiger partial charge is 0.443 e.